The van der Waals surface area contributed by atoms with Gasteiger partial charge in [0, 0.05) is 23.1 Å². The molecule has 0 spiro atoms. The molecule has 1 saturated heterocycles. The van der Waals surface area contributed by atoms with Crippen LogP contribution < -0.4 is 0 Å². The summed E-state index contributed by atoms with van der Waals surface area (Å²) in [6.45, 7) is 3.29. The second-order valence-corrected chi connectivity index (χ2v) is 7.49. The standard InChI is InChI=1S/C20H20BrNOS/c1-24-20(22-13-15-23-16-14-22,18-7-9-19(21)10-8-18)12-11-17-5-3-2-4-6-17/h2-10H,13-16H2,1H3. The van der Waals surface area contributed by atoms with E-state index < -0.39 is 0 Å². The summed E-state index contributed by atoms with van der Waals surface area (Å²) in [5.41, 5.74) is 2.25. The van der Waals surface area contributed by atoms with E-state index in [-0.39, 0.29) is 4.87 Å². The Bertz CT molecular complexity index is 717. The van der Waals surface area contributed by atoms with Gasteiger partial charge in [0.15, 0.2) is 4.87 Å². The molecule has 124 valence electrons. The summed E-state index contributed by atoms with van der Waals surface area (Å²) in [6.07, 6.45) is 2.14. The summed E-state index contributed by atoms with van der Waals surface area (Å²) in [7, 11) is 0. The SMILES string of the molecule is CSC(C#Cc1ccccc1)(c1ccc(Br)cc1)N1CCOCC1. The van der Waals surface area contributed by atoms with Gasteiger partial charge in [0.25, 0.3) is 0 Å². The first-order valence-electron chi connectivity index (χ1n) is 7.97. The van der Waals surface area contributed by atoms with Crippen LogP contribution in [0.5, 0.6) is 0 Å². The Labute approximate surface area is 156 Å². The summed E-state index contributed by atoms with van der Waals surface area (Å²) in [4.78, 5) is 2.07. The second kappa shape index (κ2) is 8.22. The molecule has 1 fully saturated rings. The highest BCUT2D eigenvalue weighted by Gasteiger charge is 2.37. The van der Waals surface area contributed by atoms with Crippen LogP contribution in [-0.4, -0.2) is 37.5 Å². The number of ether oxygens (including phenoxy) is 1. The molecule has 4 heteroatoms. The molecule has 0 bridgehead atoms. The third-order valence-corrected chi connectivity index (χ3v) is 5.85. The molecule has 2 nitrogen and oxygen atoms in total. The van der Waals surface area contributed by atoms with Crippen LogP contribution in [0.2, 0.25) is 0 Å². The predicted molar refractivity (Wildman–Crippen MR) is 105 cm³/mol. The molecule has 24 heavy (non-hydrogen) atoms. The van der Waals surface area contributed by atoms with Gasteiger partial charge in [-0.1, -0.05) is 58.1 Å². The summed E-state index contributed by atoms with van der Waals surface area (Å²) < 4.78 is 6.63. The van der Waals surface area contributed by atoms with Crippen molar-refractivity contribution >= 4 is 27.7 Å². The highest BCUT2D eigenvalue weighted by molar-refractivity contribution is 9.10. The van der Waals surface area contributed by atoms with E-state index in [1.807, 2.05) is 18.2 Å². The van der Waals surface area contributed by atoms with Gasteiger partial charge in [0.05, 0.1) is 13.2 Å². The van der Waals surface area contributed by atoms with E-state index in [0.717, 1.165) is 36.3 Å². The summed E-state index contributed by atoms with van der Waals surface area (Å²) in [5.74, 6) is 6.95. The van der Waals surface area contributed by atoms with Crippen molar-refractivity contribution in [3.8, 4) is 11.8 Å². The molecular weight excluding hydrogens is 382 g/mol. The maximum atomic E-state index is 5.55. The average molecular weight is 402 g/mol. The Kier molecular flexibility index (Phi) is 6.02. The topological polar surface area (TPSA) is 12.5 Å². The van der Waals surface area contributed by atoms with Gasteiger partial charge in [-0.15, -0.1) is 11.8 Å². The fourth-order valence-corrected chi connectivity index (χ4v) is 4.09. The molecule has 3 rings (SSSR count). The quantitative estimate of drug-likeness (QED) is 0.709. The van der Waals surface area contributed by atoms with Gasteiger partial charge in [0.2, 0.25) is 0 Å². The van der Waals surface area contributed by atoms with E-state index in [2.05, 4.69) is 75.3 Å². The van der Waals surface area contributed by atoms with E-state index in [1.165, 1.54) is 5.56 Å². The molecule has 0 saturated carbocycles. The first kappa shape index (κ1) is 17.6. The molecule has 2 aromatic rings. The molecule has 1 unspecified atom stereocenters. The number of thioether (sulfide) groups is 1. The molecule has 0 N–H and O–H groups in total. The van der Waals surface area contributed by atoms with Gasteiger partial charge in [-0.2, -0.15) is 0 Å². The molecule has 0 amide bonds. The summed E-state index contributed by atoms with van der Waals surface area (Å²) in [6, 6.07) is 18.7. The Hall–Kier alpha value is -1.25. The highest BCUT2D eigenvalue weighted by atomic mass is 79.9. The van der Waals surface area contributed by atoms with Gasteiger partial charge < -0.3 is 4.74 Å². The van der Waals surface area contributed by atoms with Crippen LogP contribution in [0.4, 0.5) is 0 Å². The van der Waals surface area contributed by atoms with Crippen molar-refractivity contribution in [3.63, 3.8) is 0 Å². The van der Waals surface area contributed by atoms with Crippen molar-refractivity contribution in [2.75, 3.05) is 32.6 Å². The zero-order valence-corrected chi connectivity index (χ0v) is 16.1. The summed E-state index contributed by atoms with van der Waals surface area (Å²) >= 11 is 5.31. The molecule has 1 atom stereocenters. The van der Waals surface area contributed by atoms with Gasteiger partial charge >= 0.3 is 0 Å². The normalized spacial score (nSPS) is 17.6. The lowest BCUT2D eigenvalue weighted by Crippen LogP contribution is -2.48. The number of hydrogen-bond donors (Lipinski definition) is 0. The minimum absolute atomic E-state index is 0.361. The lowest BCUT2D eigenvalue weighted by molar-refractivity contribution is 0.0195. The average Bonchev–Trinajstić information content (AvgIpc) is 2.65. The smallest absolute Gasteiger partial charge is 0.155 e. The second-order valence-electron chi connectivity index (χ2n) is 5.57. The van der Waals surface area contributed by atoms with Crippen molar-refractivity contribution in [2.45, 2.75) is 4.87 Å². The van der Waals surface area contributed by atoms with Crippen molar-refractivity contribution < 1.29 is 4.74 Å². The number of hydrogen-bond acceptors (Lipinski definition) is 3. The molecule has 2 aromatic carbocycles. The summed E-state index contributed by atoms with van der Waals surface area (Å²) in [5, 5.41) is 0. The van der Waals surface area contributed by atoms with Crippen LogP contribution in [0, 0.1) is 11.8 Å². The molecule has 0 radical (unpaired) electrons. The van der Waals surface area contributed by atoms with Crippen LogP contribution in [0.25, 0.3) is 0 Å². The van der Waals surface area contributed by atoms with Crippen molar-refractivity contribution in [1.29, 1.82) is 0 Å². The Morgan fingerprint density at radius 1 is 1.04 bits per heavy atom. The Morgan fingerprint density at radius 2 is 1.71 bits per heavy atom. The Morgan fingerprint density at radius 3 is 2.33 bits per heavy atom. The van der Waals surface area contributed by atoms with E-state index in [0.29, 0.717) is 0 Å². The minimum atomic E-state index is -0.361. The minimum Gasteiger partial charge on any atom is -0.379 e. The molecule has 1 heterocycles. The maximum Gasteiger partial charge on any atom is 0.155 e. The number of morpholine rings is 1. The van der Waals surface area contributed by atoms with Crippen molar-refractivity contribution in [3.05, 3.63) is 70.2 Å². The Balaban J connectivity index is 2.05. The molecule has 0 aliphatic carbocycles. The molecule has 1 aliphatic heterocycles. The van der Waals surface area contributed by atoms with E-state index in [1.54, 1.807) is 11.8 Å². The van der Waals surface area contributed by atoms with Crippen LogP contribution in [-0.2, 0) is 9.61 Å². The predicted octanol–water partition coefficient (Wildman–Crippen LogP) is 4.35. The number of nitrogens with zero attached hydrogens (tertiary/aromatic N) is 1. The van der Waals surface area contributed by atoms with E-state index in [4.69, 9.17) is 4.74 Å². The first-order chi connectivity index (χ1) is 11.7. The van der Waals surface area contributed by atoms with Gasteiger partial charge in [0.1, 0.15) is 0 Å². The zero-order valence-electron chi connectivity index (χ0n) is 13.7. The third kappa shape index (κ3) is 3.87. The van der Waals surface area contributed by atoms with Gasteiger partial charge in [-0.25, -0.2) is 0 Å². The number of halogens is 1. The van der Waals surface area contributed by atoms with Gasteiger partial charge in [-0.3, -0.25) is 4.90 Å². The lowest BCUT2D eigenvalue weighted by atomic mass is 10.0. The van der Waals surface area contributed by atoms with Crippen molar-refractivity contribution in [1.82, 2.24) is 4.90 Å². The van der Waals surface area contributed by atoms with Crippen LogP contribution in [0.1, 0.15) is 11.1 Å². The molecule has 0 aromatic heterocycles. The van der Waals surface area contributed by atoms with E-state index in [9.17, 15) is 0 Å². The lowest BCUT2D eigenvalue weighted by Gasteiger charge is -2.41. The largest absolute Gasteiger partial charge is 0.379 e. The fourth-order valence-electron chi connectivity index (χ4n) is 2.86. The van der Waals surface area contributed by atoms with Crippen molar-refractivity contribution in [2.24, 2.45) is 0 Å². The monoisotopic (exact) mass is 401 g/mol. The zero-order chi connectivity index (χ0) is 16.8. The molecule has 1 aliphatic rings. The first-order valence-corrected chi connectivity index (χ1v) is 9.98. The fraction of sp³-hybridized carbons (Fsp3) is 0.300. The maximum absolute atomic E-state index is 5.55. The van der Waals surface area contributed by atoms with Crippen LogP contribution in [0.3, 0.4) is 0 Å². The van der Waals surface area contributed by atoms with Crippen LogP contribution >= 0.6 is 27.7 Å². The third-order valence-electron chi connectivity index (χ3n) is 4.14. The highest BCUT2D eigenvalue weighted by Crippen LogP contribution is 2.39. The number of benzene rings is 2. The van der Waals surface area contributed by atoms with Gasteiger partial charge in [-0.05, 0) is 36.1 Å². The van der Waals surface area contributed by atoms with Crippen LogP contribution in [0.15, 0.2) is 59.1 Å². The number of rotatable bonds is 3. The van der Waals surface area contributed by atoms with E-state index >= 15 is 0 Å². The molecular formula is C20H20BrNOS.